The van der Waals surface area contributed by atoms with Crippen LogP contribution >= 0.6 is 22.9 Å². The second-order valence-corrected chi connectivity index (χ2v) is 5.49. The third-order valence-electron chi connectivity index (χ3n) is 3.06. The minimum atomic E-state index is 0.0874. The maximum atomic E-state index is 10.8. The Bertz CT molecular complexity index is 391. The molecule has 0 atom stereocenters. The number of carbonyl (C=O) groups is 1. The van der Waals surface area contributed by atoms with Gasteiger partial charge in [0.25, 0.3) is 0 Å². The molecule has 17 heavy (non-hydrogen) atoms. The molecule has 1 aromatic heterocycles. The number of rotatable bonds is 5. The smallest absolute Gasteiger partial charge is 0.187 e. The lowest BCUT2D eigenvalue weighted by Crippen LogP contribution is -2.35. The van der Waals surface area contributed by atoms with E-state index in [1.165, 1.54) is 24.2 Å². The van der Waals surface area contributed by atoms with Crippen LogP contribution in [0.15, 0.2) is 0 Å². The van der Waals surface area contributed by atoms with Crippen LogP contribution in [0.25, 0.3) is 0 Å². The Hall–Kier alpha value is -0.650. The monoisotopic (exact) mass is 274 g/mol. The first-order valence-electron chi connectivity index (χ1n) is 5.75. The zero-order chi connectivity index (χ0) is 12.3. The van der Waals surface area contributed by atoms with E-state index in [0.29, 0.717) is 17.5 Å². The maximum absolute atomic E-state index is 10.8. The lowest BCUT2D eigenvalue weighted by Gasteiger charge is -2.27. The van der Waals surface area contributed by atoms with Gasteiger partial charge in [-0.1, -0.05) is 35.8 Å². The Balaban J connectivity index is 2.21. The summed E-state index contributed by atoms with van der Waals surface area (Å²) in [6.45, 7) is 0.636. The van der Waals surface area contributed by atoms with Crippen molar-refractivity contribution in [3.05, 3.63) is 10.0 Å². The number of nitrogens with zero attached hydrogens (tertiary/aromatic N) is 2. The van der Waals surface area contributed by atoms with Crippen molar-refractivity contribution in [2.45, 2.75) is 31.7 Å². The molecule has 94 valence electrons. The van der Waals surface area contributed by atoms with E-state index in [1.807, 2.05) is 0 Å². The van der Waals surface area contributed by atoms with Gasteiger partial charge in [-0.15, -0.1) is 0 Å². The van der Waals surface area contributed by atoms with E-state index in [0.717, 1.165) is 24.3 Å². The van der Waals surface area contributed by atoms with Crippen molar-refractivity contribution in [1.82, 2.24) is 4.98 Å². The summed E-state index contributed by atoms with van der Waals surface area (Å²) in [4.78, 5) is 17.5. The van der Waals surface area contributed by atoms with Gasteiger partial charge in [0.2, 0.25) is 0 Å². The molecule has 0 radical (unpaired) electrons. The highest BCUT2D eigenvalue weighted by atomic mass is 35.5. The van der Waals surface area contributed by atoms with Crippen molar-refractivity contribution in [2.24, 2.45) is 0 Å². The zero-order valence-electron chi connectivity index (χ0n) is 9.43. The van der Waals surface area contributed by atoms with Gasteiger partial charge in [0.1, 0.15) is 4.88 Å². The molecule has 6 heteroatoms. The van der Waals surface area contributed by atoms with Crippen molar-refractivity contribution in [1.29, 1.82) is 0 Å². The number of hydrogen-bond donors (Lipinski definition) is 1. The molecule has 1 aromatic rings. The largest absolute Gasteiger partial charge is 0.395 e. The quantitative estimate of drug-likeness (QED) is 0.838. The first-order chi connectivity index (χ1) is 8.26. The van der Waals surface area contributed by atoms with E-state index in [4.69, 9.17) is 16.7 Å². The molecule has 0 amide bonds. The first-order valence-corrected chi connectivity index (χ1v) is 6.94. The zero-order valence-corrected chi connectivity index (χ0v) is 11.0. The highest BCUT2D eigenvalue weighted by molar-refractivity contribution is 7.17. The Morgan fingerprint density at radius 3 is 2.76 bits per heavy atom. The average Bonchev–Trinajstić information content (AvgIpc) is 2.95. The number of carbonyl (C=O) groups excluding carboxylic acids is 1. The Morgan fingerprint density at radius 2 is 2.24 bits per heavy atom. The predicted molar refractivity (Wildman–Crippen MR) is 69.2 cm³/mol. The molecule has 0 bridgehead atoms. The summed E-state index contributed by atoms with van der Waals surface area (Å²) >= 11 is 7.17. The Labute approximate surface area is 109 Å². The summed E-state index contributed by atoms with van der Waals surface area (Å²) in [5.74, 6) is 0. The highest BCUT2D eigenvalue weighted by Crippen LogP contribution is 2.33. The molecule has 1 aliphatic carbocycles. The van der Waals surface area contributed by atoms with Gasteiger partial charge >= 0.3 is 0 Å². The lowest BCUT2D eigenvalue weighted by molar-refractivity contribution is 0.112. The van der Waals surface area contributed by atoms with Gasteiger partial charge in [0, 0.05) is 12.6 Å². The third kappa shape index (κ3) is 2.78. The second-order valence-electron chi connectivity index (χ2n) is 4.12. The van der Waals surface area contributed by atoms with Crippen molar-refractivity contribution in [3.63, 3.8) is 0 Å². The van der Waals surface area contributed by atoms with Crippen LogP contribution in [-0.4, -0.2) is 35.6 Å². The number of aliphatic hydroxyl groups is 1. The van der Waals surface area contributed by atoms with E-state index < -0.39 is 0 Å². The molecule has 1 heterocycles. The molecule has 4 nitrogen and oxygen atoms in total. The Morgan fingerprint density at radius 1 is 1.53 bits per heavy atom. The normalized spacial score (nSPS) is 16.4. The fourth-order valence-corrected chi connectivity index (χ4v) is 3.42. The lowest BCUT2D eigenvalue weighted by atomic mass is 10.2. The summed E-state index contributed by atoms with van der Waals surface area (Å²) in [7, 11) is 0. The molecule has 0 unspecified atom stereocenters. The topological polar surface area (TPSA) is 53.4 Å². The molecule has 0 saturated heterocycles. The van der Waals surface area contributed by atoms with Crippen LogP contribution in [0.3, 0.4) is 0 Å². The van der Waals surface area contributed by atoms with E-state index in [-0.39, 0.29) is 11.8 Å². The minimum Gasteiger partial charge on any atom is -0.395 e. The average molecular weight is 275 g/mol. The molecule has 2 rings (SSSR count). The van der Waals surface area contributed by atoms with Crippen LogP contribution in [-0.2, 0) is 0 Å². The van der Waals surface area contributed by atoms with Gasteiger partial charge < -0.3 is 10.0 Å². The number of anilines is 1. The molecule has 0 aromatic carbocycles. The summed E-state index contributed by atoms with van der Waals surface area (Å²) in [5, 5.41) is 10.1. The fraction of sp³-hybridized carbons (Fsp3) is 0.636. The SMILES string of the molecule is O=Cc1sc(N(CCO)C2CCCC2)nc1Cl. The standard InChI is InChI=1S/C11H15ClN2O2S/c12-10-9(7-16)17-11(13-10)14(5-6-15)8-3-1-2-4-8/h7-8,15H,1-6H2. The van der Waals surface area contributed by atoms with E-state index >= 15 is 0 Å². The van der Waals surface area contributed by atoms with Crippen LogP contribution in [0.1, 0.15) is 35.4 Å². The summed E-state index contributed by atoms with van der Waals surface area (Å²) in [6.07, 6.45) is 5.40. The van der Waals surface area contributed by atoms with Crippen LogP contribution in [0.2, 0.25) is 5.15 Å². The van der Waals surface area contributed by atoms with Gasteiger partial charge in [0.15, 0.2) is 16.6 Å². The van der Waals surface area contributed by atoms with Gasteiger partial charge in [-0.25, -0.2) is 4.98 Å². The number of aliphatic hydroxyl groups excluding tert-OH is 1. The number of halogens is 1. The number of hydrogen-bond acceptors (Lipinski definition) is 5. The van der Waals surface area contributed by atoms with Crippen LogP contribution in [0.5, 0.6) is 0 Å². The van der Waals surface area contributed by atoms with Crippen molar-refractivity contribution in [2.75, 3.05) is 18.1 Å². The van der Waals surface area contributed by atoms with Crippen LogP contribution < -0.4 is 4.90 Å². The maximum Gasteiger partial charge on any atom is 0.187 e. The minimum absolute atomic E-state index is 0.0874. The molecule has 1 saturated carbocycles. The molecule has 1 aliphatic rings. The third-order valence-corrected chi connectivity index (χ3v) is 4.48. The van der Waals surface area contributed by atoms with Crippen molar-refractivity contribution < 1.29 is 9.90 Å². The van der Waals surface area contributed by atoms with Gasteiger partial charge in [-0.2, -0.15) is 0 Å². The number of aromatic nitrogens is 1. The predicted octanol–water partition coefficient (Wildman–Crippen LogP) is 2.35. The highest BCUT2D eigenvalue weighted by Gasteiger charge is 2.25. The van der Waals surface area contributed by atoms with Crippen molar-refractivity contribution >= 4 is 34.4 Å². The number of thiazole rings is 1. The second kappa shape index (κ2) is 5.80. The summed E-state index contributed by atoms with van der Waals surface area (Å²) in [5.41, 5.74) is 0. The molecular weight excluding hydrogens is 260 g/mol. The van der Waals surface area contributed by atoms with E-state index in [9.17, 15) is 4.79 Å². The van der Waals surface area contributed by atoms with Gasteiger partial charge in [0.05, 0.1) is 6.61 Å². The van der Waals surface area contributed by atoms with Crippen LogP contribution in [0, 0.1) is 0 Å². The van der Waals surface area contributed by atoms with Gasteiger partial charge in [-0.3, -0.25) is 4.79 Å². The summed E-state index contributed by atoms with van der Waals surface area (Å²) in [6, 6.07) is 0.420. The molecular formula is C11H15ClN2O2S. The molecule has 1 N–H and O–H groups in total. The fourth-order valence-electron chi connectivity index (χ4n) is 2.26. The van der Waals surface area contributed by atoms with Crippen LogP contribution in [0.4, 0.5) is 5.13 Å². The Kier molecular flexibility index (Phi) is 4.36. The molecule has 1 fully saturated rings. The number of aldehydes is 1. The van der Waals surface area contributed by atoms with Crippen molar-refractivity contribution in [3.8, 4) is 0 Å². The molecule has 0 spiro atoms. The van der Waals surface area contributed by atoms with E-state index in [1.54, 1.807) is 0 Å². The first kappa shape index (κ1) is 12.8. The molecule has 0 aliphatic heterocycles. The summed E-state index contributed by atoms with van der Waals surface area (Å²) < 4.78 is 0. The van der Waals surface area contributed by atoms with Gasteiger partial charge in [-0.05, 0) is 12.8 Å². The van der Waals surface area contributed by atoms with E-state index in [2.05, 4.69) is 9.88 Å².